The van der Waals surface area contributed by atoms with Gasteiger partial charge in [-0.15, -0.1) is 0 Å². The smallest absolute Gasteiger partial charge is 0.306 e. The molecule has 1 unspecified atom stereocenters. The molecule has 0 amide bonds. The molecule has 0 saturated heterocycles. The summed E-state index contributed by atoms with van der Waals surface area (Å²) in [5.41, 5.74) is 0. The number of carboxylic acids is 1. The Hall–Kier alpha value is -1.06. The van der Waals surface area contributed by atoms with Crippen molar-refractivity contribution in [2.24, 2.45) is 0 Å². The van der Waals surface area contributed by atoms with Crippen LogP contribution in [-0.2, 0) is 14.3 Å². The van der Waals surface area contributed by atoms with Crippen molar-refractivity contribution in [3.8, 4) is 0 Å². The van der Waals surface area contributed by atoms with Crippen LogP contribution in [0.25, 0.3) is 0 Å². The van der Waals surface area contributed by atoms with Gasteiger partial charge in [-0.05, 0) is 38.5 Å². The van der Waals surface area contributed by atoms with Crippen LogP contribution in [0.5, 0.6) is 0 Å². The van der Waals surface area contributed by atoms with E-state index >= 15 is 0 Å². The molecule has 0 fully saturated rings. The van der Waals surface area contributed by atoms with Gasteiger partial charge in [-0.1, -0.05) is 174 Å². The van der Waals surface area contributed by atoms with E-state index in [4.69, 9.17) is 9.84 Å². The van der Waals surface area contributed by atoms with Crippen molar-refractivity contribution in [3.05, 3.63) is 0 Å². The second kappa shape index (κ2) is 34.4. The molecule has 0 aliphatic heterocycles. The largest absolute Gasteiger partial charge is 0.481 e. The van der Waals surface area contributed by atoms with Crippen LogP contribution in [0, 0.1) is 0 Å². The second-order valence-electron chi connectivity index (χ2n) is 13.1. The summed E-state index contributed by atoms with van der Waals surface area (Å²) in [7, 11) is 0. The van der Waals surface area contributed by atoms with Crippen LogP contribution < -0.4 is 0 Å². The fraction of sp³-hybridized carbons (Fsp3) is 0.947. The Morgan fingerprint density at radius 3 is 1.05 bits per heavy atom. The normalized spacial score (nSPS) is 12.0. The number of aliphatic carboxylic acids is 1. The van der Waals surface area contributed by atoms with Crippen molar-refractivity contribution in [2.45, 2.75) is 232 Å². The minimum atomic E-state index is -0.667. The molecular formula is C38H74O4. The standard InChI is InChI=1S/C38H74O4/c1-3-5-7-9-11-12-15-20-23-27-31-35-38(41)42-36(32-28-24-10-8-6-4-2)33-29-25-21-18-16-13-14-17-19-22-26-30-34-37(39)40/h36H,3-35H2,1-2H3,(H,39,40). The highest BCUT2D eigenvalue weighted by Crippen LogP contribution is 2.19. The summed E-state index contributed by atoms with van der Waals surface area (Å²) >= 11 is 0. The first kappa shape index (κ1) is 40.9. The maximum Gasteiger partial charge on any atom is 0.306 e. The lowest BCUT2D eigenvalue weighted by molar-refractivity contribution is -0.150. The predicted molar refractivity (Wildman–Crippen MR) is 181 cm³/mol. The van der Waals surface area contributed by atoms with E-state index in [2.05, 4.69) is 13.8 Å². The van der Waals surface area contributed by atoms with E-state index in [0.717, 1.165) is 32.1 Å². The van der Waals surface area contributed by atoms with Crippen molar-refractivity contribution in [3.63, 3.8) is 0 Å². The topological polar surface area (TPSA) is 63.6 Å². The number of rotatable bonds is 35. The molecule has 0 spiro atoms. The summed E-state index contributed by atoms with van der Waals surface area (Å²) < 4.78 is 6.02. The molecule has 0 aromatic carbocycles. The Kier molecular flexibility index (Phi) is 33.6. The zero-order valence-corrected chi connectivity index (χ0v) is 28.6. The number of ether oxygens (including phenoxy) is 1. The lowest BCUT2D eigenvalue weighted by Crippen LogP contribution is -2.18. The fourth-order valence-corrected chi connectivity index (χ4v) is 6.01. The Morgan fingerprint density at radius 1 is 0.429 bits per heavy atom. The van der Waals surface area contributed by atoms with Gasteiger partial charge in [0.1, 0.15) is 6.10 Å². The molecule has 0 saturated carbocycles. The number of hydrogen-bond donors (Lipinski definition) is 1. The SMILES string of the molecule is CCCCCCCCCCCCCC(=O)OC(CCCCCCCC)CCCCCCCCCCCCCCC(=O)O. The van der Waals surface area contributed by atoms with Crippen LogP contribution in [-0.4, -0.2) is 23.1 Å². The number of esters is 1. The first-order valence-corrected chi connectivity index (χ1v) is 19.0. The fourth-order valence-electron chi connectivity index (χ4n) is 6.01. The molecule has 4 nitrogen and oxygen atoms in total. The Bertz CT molecular complexity index is 561. The first-order valence-electron chi connectivity index (χ1n) is 19.0. The minimum Gasteiger partial charge on any atom is -0.481 e. The summed E-state index contributed by atoms with van der Waals surface area (Å²) in [5.74, 6) is -0.622. The summed E-state index contributed by atoms with van der Waals surface area (Å²) in [6, 6.07) is 0. The van der Waals surface area contributed by atoms with E-state index in [9.17, 15) is 9.59 Å². The third kappa shape index (κ3) is 33.4. The van der Waals surface area contributed by atoms with Crippen molar-refractivity contribution >= 4 is 11.9 Å². The van der Waals surface area contributed by atoms with Crippen molar-refractivity contribution in [1.82, 2.24) is 0 Å². The number of carbonyl (C=O) groups excluding carboxylic acids is 1. The zero-order valence-electron chi connectivity index (χ0n) is 28.6. The van der Waals surface area contributed by atoms with Gasteiger partial charge in [-0.3, -0.25) is 9.59 Å². The molecule has 0 radical (unpaired) electrons. The van der Waals surface area contributed by atoms with E-state index in [1.807, 2.05) is 0 Å². The molecule has 42 heavy (non-hydrogen) atoms. The van der Waals surface area contributed by atoms with Crippen LogP contribution >= 0.6 is 0 Å². The lowest BCUT2D eigenvalue weighted by atomic mass is 10.0. The van der Waals surface area contributed by atoms with Gasteiger partial charge in [0.2, 0.25) is 0 Å². The van der Waals surface area contributed by atoms with Crippen molar-refractivity contribution in [2.75, 3.05) is 0 Å². The molecule has 0 bridgehead atoms. The molecular weight excluding hydrogens is 520 g/mol. The lowest BCUT2D eigenvalue weighted by Gasteiger charge is -2.18. The number of carbonyl (C=O) groups is 2. The van der Waals surface area contributed by atoms with Gasteiger partial charge in [-0.2, -0.15) is 0 Å². The monoisotopic (exact) mass is 595 g/mol. The van der Waals surface area contributed by atoms with Gasteiger partial charge < -0.3 is 9.84 Å². The second-order valence-corrected chi connectivity index (χ2v) is 13.1. The van der Waals surface area contributed by atoms with Gasteiger partial charge >= 0.3 is 11.9 Å². The molecule has 4 heteroatoms. The third-order valence-electron chi connectivity index (χ3n) is 8.83. The van der Waals surface area contributed by atoms with Crippen LogP contribution in [0.3, 0.4) is 0 Å². The molecule has 0 aliphatic carbocycles. The highest BCUT2D eigenvalue weighted by Gasteiger charge is 2.14. The summed E-state index contributed by atoms with van der Waals surface area (Å²) in [6.45, 7) is 4.54. The average Bonchev–Trinajstić information content (AvgIpc) is 2.97. The molecule has 1 atom stereocenters. The van der Waals surface area contributed by atoms with Gasteiger partial charge in [0.05, 0.1) is 0 Å². The third-order valence-corrected chi connectivity index (χ3v) is 8.83. The molecule has 250 valence electrons. The van der Waals surface area contributed by atoms with E-state index < -0.39 is 5.97 Å². The maximum atomic E-state index is 12.6. The van der Waals surface area contributed by atoms with Gasteiger partial charge in [-0.25, -0.2) is 0 Å². The summed E-state index contributed by atoms with van der Waals surface area (Å²) in [6.07, 6.45) is 39.9. The molecule has 0 aromatic heterocycles. The van der Waals surface area contributed by atoms with E-state index in [1.165, 1.54) is 167 Å². The van der Waals surface area contributed by atoms with E-state index in [-0.39, 0.29) is 12.1 Å². The summed E-state index contributed by atoms with van der Waals surface area (Å²) in [5, 5.41) is 8.68. The van der Waals surface area contributed by atoms with Crippen LogP contribution in [0.2, 0.25) is 0 Å². The number of unbranched alkanes of at least 4 members (excludes halogenated alkanes) is 26. The Balaban J connectivity index is 3.91. The minimum absolute atomic E-state index is 0.0452. The first-order chi connectivity index (χ1) is 20.6. The number of hydrogen-bond acceptors (Lipinski definition) is 3. The van der Waals surface area contributed by atoms with Crippen LogP contribution in [0.1, 0.15) is 226 Å². The molecule has 0 heterocycles. The quantitative estimate of drug-likeness (QED) is 0.0585. The van der Waals surface area contributed by atoms with Gasteiger partial charge in [0, 0.05) is 12.8 Å². The van der Waals surface area contributed by atoms with Crippen LogP contribution in [0.4, 0.5) is 0 Å². The summed E-state index contributed by atoms with van der Waals surface area (Å²) in [4.78, 5) is 23.1. The van der Waals surface area contributed by atoms with Crippen molar-refractivity contribution in [1.29, 1.82) is 0 Å². The van der Waals surface area contributed by atoms with Gasteiger partial charge in [0.15, 0.2) is 0 Å². The highest BCUT2D eigenvalue weighted by atomic mass is 16.5. The Labute approximate surface area is 262 Å². The Morgan fingerprint density at radius 2 is 0.714 bits per heavy atom. The highest BCUT2D eigenvalue weighted by molar-refractivity contribution is 5.69. The molecule has 0 aliphatic rings. The van der Waals surface area contributed by atoms with E-state index in [1.54, 1.807) is 0 Å². The zero-order chi connectivity index (χ0) is 30.8. The maximum absolute atomic E-state index is 12.6. The molecule has 0 rings (SSSR count). The molecule has 1 N–H and O–H groups in total. The van der Waals surface area contributed by atoms with Gasteiger partial charge in [0.25, 0.3) is 0 Å². The number of carboxylic acid groups (broad SMARTS) is 1. The van der Waals surface area contributed by atoms with Crippen molar-refractivity contribution < 1.29 is 19.4 Å². The molecule has 0 aromatic rings. The average molecular weight is 595 g/mol. The van der Waals surface area contributed by atoms with E-state index in [0.29, 0.717) is 12.8 Å². The predicted octanol–water partition coefficient (Wildman–Crippen LogP) is 12.9. The van der Waals surface area contributed by atoms with Crippen LogP contribution in [0.15, 0.2) is 0 Å².